The molecule has 0 aromatic carbocycles. The molecule has 0 saturated carbocycles. The zero-order valence-electron chi connectivity index (χ0n) is 42.1. The topological polar surface area (TPSA) is 322 Å². The van der Waals surface area contributed by atoms with Gasteiger partial charge in [-0.1, -0.05) is 90.4 Å². The monoisotopic (exact) mass is 1080 g/mol. The first-order chi connectivity index (χ1) is 32.4. The summed E-state index contributed by atoms with van der Waals surface area (Å²) in [5, 5.41) is 60.3. The lowest BCUT2D eigenvalue weighted by Crippen LogP contribution is -2.52. The summed E-state index contributed by atoms with van der Waals surface area (Å²) in [6.07, 6.45) is 15.1. The van der Waals surface area contributed by atoms with Crippen LogP contribution in [0.3, 0.4) is 0 Å². The van der Waals surface area contributed by atoms with Crippen molar-refractivity contribution in [2.24, 2.45) is 0 Å². The van der Waals surface area contributed by atoms with Crippen LogP contribution in [0.15, 0.2) is 0 Å². The number of hydrogen-bond donors (Lipinski definition) is 9. The number of quaternary nitrogens is 1. The van der Waals surface area contributed by atoms with Crippen LogP contribution in [-0.4, -0.2) is 259 Å². The summed E-state index contributed by atoms with van der Waals surface area (Å²) < 4.78 is 117. The van der Waals surface area contributed by atoms with Crippen LogP contribution in [0.1, 0.15) is 110 Å². The van der Waals surface area contributed by atoms with Crippen molar-refractivity contribution in [1.82, 2.24) is 14.7 Å². The Bertz CT molecular complexity index is 1450. The van der Waals surface area contributed by atoms with E-state index in [2.05, 4.69) is 21.0 Å². The summed E-state index contributed by atoms with van der Waals surface area (Å²) in [5.74, 6) is -2.79. The van der Waals surface area contributed by atoms with Gasteiger partial charge in [0.2, 0.25) is 0 Å². The van der Waals surface area contributed by atoms with Crippen molar-refractivity contribution < 1.29 is 87.3 Å². The van der Waals surface area contributed by atoms with Crippen molar-refractivity contribution in [2.45, 2.75) is 134 Å². The van der Waals surface area contributed by atoms with Gasteiger partial charge in [0.05, 0.1) is 85.1 Å². The van der Waals surface area contributed by atoms with E-state index in [0.717, 1.165) is 19.4 Å². The molecule has 3 unspecified atom stereocenters. The van der Waals surface area contributed by atoms with Crippen LogP contribution in [0, 0.1) is 0 Å². The summed E-state index contributed by atoms with van der Waals surface area (Å²) in [5.41, 5.74) is 0. The second-order valence-corrected chi connectivity index (χ2v) is 26.2. The molecule has 0 aromatic heterocycles. The van der Waals surface area contributed by atoms with Crippen molar-refractivity contribution in [1.29, 1.82) is 0 Å². The normalized spacial score (nSPS) is 15.3. The molecule has 0 aliphatic rings. The minimum absolute atomic E-state index is 0.0111. The van der Waals surface area contributed by atoms with Gasteiger partial charge in [0.1, 0.15) is 17.3 Å². The molecule has 0 aromatic rings. The lowest BCUT2D eigenvalue weighted by Gasteiger charge is -2.35. The molecule has 0 aliphatic carbocycles. The van der Waals surface area contributed by atoms with Crippen molar-refractivity contribution in [2.75, 3.05) is 143 Å². The fraction of sp³-hybridized carbons (Fsp3) is 1.00. The van der Waals surface area contributed by atoms with Crippen LogP contribution < -0.4 is 0 Å². The standard InChI is InChI=1S/C43H94N4O18S3Si/c1-4-5-6-7-8-9-10-11-12-13-14-15-16-17-18-26-47(2,3)27-19-34-69(63-31-23-44(20-28-48)35-41(51)38-66(54,55)56,64-32-24-45(21-29-49)36-42(52)39-67(57,58)59)65-33-25-46(22-30-50)37-43(53)40-68(60,61)62/h41-43,48-53H,4-40H2,1-3H3,(H2-,54,55,56,57,58,59,60,61,62)/p+1. The predicted octanol–water partition coefficient (Wildman–Crippen LogP) is 0.942. The molecule has 0 heterocycles. The van der Waals surface area contributed by atoms with Crippen molar-refractivity contribution >= 4 is 39.2 Å². The Morgan fingerprint density at radius 2 is 0.725 bits per heavy atom. The molecule has 0 saturated heterocycles. The van der Waals surface area contributed by atoms with Crippen LogP contribution in [0.5, 0.6) is 0 Å². The molecule has 0 spiro atoms. The molecule has 3 atom stereocenters. The zero-order chi connectivity index (χ0) is 52.2. The van der Waals surface area contributed by atoms with Crippen LogP contribution in [0.2, 0.25) is 6.04 Å². The highest BCUT2D eigenvalue weighted by Crippen LogP contribution is 2.21. The quantitative estimate of drug-likeness (QED) is 0.0177. The number of unbranched alkanes of at least 4 members (excludes halogenated alkanes) is 14. The molecule has 0 fully saturated rings. The first-order valence-corrected chi connectivity index (χ1v) is 31.8. The molecular formula is C43H95N4O18S3Si+. The minimum Gasteiger partial charge on any atom is -0.395 e. The molecule has 416 valence electrons. The molecule has 0 bridgehead atoms. The number of aliphatic hydroxyl groups is 6. The van der Waals surface area contributed by atoms with E-state index in [4.69, 9.17) is 13.3 Å². The van der Waals surface area contributed by atoms with Gasteiger partial charge >= 0.3 is 8.80 Å². The van der Waals surface area contributed by atoms with Gasteiger partial charge in [-0.15, -0.1) is 0 Å². The van der Waals surface area contributed by atoms with Gasteiger partial charge in [-0.3, -0.25) is 28.4 Å². The van der Waals surface area contributed by atoms with E-state index in [9.17, 15) is 69.6 Å². The van der Waals surface area contributed by atoms with Gasteiger partial charge < -0.3 is 48.4 Å². The zero-order valence-corrected chi connectivity index (χ0v) is 45.6. The third-order valence-corrected chi connectivity index (χ3v) is 17.0. The number of nitrogens with zero attached hydrogens (tertiary/aromatic N) is 4. The predicted molar refractivity (Wildman–Crippen MR) is 268 cm³/mol. The molecule has 22 nitrogen and oxygen atoms in total. The number of rotatable bonds is 50. The summed E-state index contributed by atoms with van der Waals surface area (Å²) >= 11 is 0. The van der Waals surface area contributed by atoms with Gasteiger partial charge in [0, 0.05) is 71.4 Å². The highest BCUT2D eigenvalue weighted by atomic mass is 32.2. The molecule has 0 rings (SSSR count). The molecule has 9 N–H and O–H groups in total. The smallest absolute Gasteiger partial charge is 0.395 e. The van der Waals surface area contributed by atoms with E-state index in [1.165, 1.54) is 98.2 Å². The van der Waals surface area contributed by atoms with Crippen LogP contribution in [0.4, 0.5) is 0 Å². The maximum Gasteiger partial charge on any atom is 0.501 e. The summed E-state index contributed by atoms with van der Waals surface area (Å²) in [6.45, 7) is 1.91. The van der Waals surface area contributed by atoms with Crippen molar-refractivity contribution in [3.05, 3.63) is 0 Å². The molecule has 0 radical (unpaired) electrons. The van der Waals surface area contributed by atoms with E-state index < -0.39 is 74.7 Å². The van der Waals surface area contributed by atoms with Crippen molar-refractivity contribution in [3.8, 4) is 0 Å². The Morgan fingerprint density at radius 3 is 1.00 bits per heavy atom. The maximum atomic E-state index is 11.4. The Labute approximate surface area is 416 Å². The first-order valence-electron chi connectivity index (χ1n) is 25.0. The van der Waals surface area contributed by atoms with Crippen LogP contribution >= 0.6 is 0 Å². The highest BCUT2D eigenvalue weighted by molar-refractivity contribution is 7.86. The molecule has 0 aliphatic heterocycles. The Kier molecular flexibility index (Phi) is 38.6. The first kappa shape index (κ1) is 68.4. The maximum absolute atomic E-state index is 11.4. The van der Waals surface area contributed by atoms with E-state index in [1.54, 1.807) is 0 Å². The summed E-state index contributed by atoms with van der Waals surface area (Å²) in [6, 6.07) is 0.260. The second kappa shape index (κ2) is 38.9. The number of aliphatic hydroxyl groups excluding tert-OH is 6. The minimum atomic E-state index is -4.51. The fourth-order valence-electron chi connectivity index (χ4n) is 8.17. The van der Waals surface area contributed by atoms with Gasteiger partial charge in [-0.2, -0.15) is 25.3 Å². The highest BCUT2D eigenvalue weighted by Gasteiger charge is 2.42. The lowest BCUT2D eigenvalue weighted by molar-refractivity contribution is -0.890. The Hall–Kier alpha value is -0.573. The van der Waals surface area contributed by atoms with Gasteiger partial charge in [0.15, 0.2) is 0 Å². The van der Waals surface area contributed by atoms with E-state index in [0.29, 0.717) is 17.4 Å². The molecule has 26 heteroatoms. The lowest BCUT2D eigenvalue weighted by atomic mass is 10.0. The summed E-state index contributed by atoms with van der Waals surface area (Å²) in [4.78, 5) is 4.60. The third-order valence-electron chi connectivity index (χ3n) is 11.7. The van der Waals surface area contributed by atoms with Crippen LogP contribution in [0.25, 0.3) is 0 Å². The van der Waals surface area contributed by atoms with Gasteiger partial charge in [-0.05, 0) is 12.8 Å². The Balaban J connectivity index is 6.14. The van der Waals surface area contributed by atoms with Crippen molar-refractivity contribution in [3.63, 3.8) is 0 Å². The molecule has 69 heavy (non-hydrogen) atoms. The molecular weight excluding hydrogens is 985 g/mol. The van der Waals surface area contributed by atoms with E-state index in [1.807, 2.05) is 0 Å². The summed E-state index contributed by atoms with van der Waals surface area (Å²) in [7, 11) is -13.1. The van der Waals surface area contributed by atoms with Crippen LogP contribution in [-0.2, 0) is 43.6 Å². The average Bonchev–Trinajstić information content (AvgIpc) is 3.20. The SMILES string of the molecule is CCCCCCCCCCCCCCCCC[N+](C)(C)CCC[Si](OCCN(CCO)CC(O)CS(=O)(=O)O)(OCCN(CCO)CC(O)CS(=O)(=O)O)OCCN(CCO)CC(O)CS(=O)(=O)O. The molecule has 0 amide bonds. The Morgan fingerprint density at radius 1 is 0.449 bits per heavy atom. The van der Waals surface area contributed by atoms with E-state index >= 15 is 0 Å². The largest absolute Gasteiger partial charge is 0.501 e. The third kappa shape index (κ3) is 42.5. The second-order valence-electron chi connectivity index (χ2n) is 18.9. The number of hydrogen-bond acceptors (Lipinski definition) is 18. The van der Waals surface area contributed by atoms with Gasteiger partial charge in [0.25, 0.3) is 30.4 Å². The average molecular weight is 1080 g/mol. The van der Waals surface area contributed by atoms with Gasteiger partial charge in [-0.25, -0.2) is 0 Å². The fourth-order valence-corrected chi connectivity index (χ4v) is 12.4. The van der Waals surface area contributed by atoms with E-state index in [-0.39, 0.29) is 105 Å².